The van der Waals surface area contributed by atoms with Gasteiger partial charge in [0.15, 0.2) is 0 Å². The van der Waals surface area contributed by atoms with Crippen LogP contribution in [0.3, 0.4) is 0 Å². The van der Waals surface area contributed by atoms with Crippen molar-refractivity contribution < 1.29 is 4.79 Å². The molecule has 2 amide bonds. The summed E-state index contributed by atoms with van der Waals surface area (Å²) < 4.78 is 0. The van der Waals surface area contributed by atoms with Crippen LogP contribution in [0.4, 0.5) is 4.79 Å². The van der Waals surface area contributed by atoms with Crippen molar-refractivity contribution in [3.8, 4) is 0 Å². The Balaban J connectivity index is 1.76. The van der Waals surface area contributed by atoms with Gasteiger partial charge in [0.25, 0.3) is 0 Å². The van der Waals surface area contributed by atoms with Crippen LogP contribution in [-0.4, -0.2) is 37.1 Å². The highest BCUT2D eigenvalue weighted by atomic mass is 16.2. The maximum Gasteiger partial charge on any atom is 0.317 e. The molecule has 1 heterocycles. The highest BCUT2D eigenvalue weighted by Crippen LogP contribution is 2.12. The van der Waals surface area contributed by atoms with Crippen molar-refractivity contribution >= 4 is 6.03 Å². The lowest BCUT2D eigenvalue weighted by Crippen LogP contribution is -2.35. The van der Waals surface area contributed by atoms with Crippen molar-refractivity contribution in [1.82, 2.24) is 15.5 Å². The lowest BCUT2D eigenvalue weighted by Gasteiger charge is -2.18. The van der Waals surface area contributed by atoms with E-state index in [1.165, 1.54) is 11.1 Å². The van der Waals surface area contributed by atoms with Gasteiger partial charge in [0, 0.05) is 32.2 Å². The number of nitrogens with zero attached hydrogens (tertiary/aromatic N) is 1. The Hall–Kier alpha value is -1.55. The fourth-order valence-electron chi connectivity index (χ4n) is 2.11. The molecule has 2 N–H and O–H groups in total. The molecular weight excluding hydrogens is 226 g/mol. The smallest absolute Gasteiger partial charge is 0.317 e. The van der Waals surface area contributed by atoms with Crippen molar-refractivity contribution in [2.45, 2.75) is 19.9 Å². The molecule has 4 nitrogen and oxygen atoms in total. The van der Waals surface area contributed by atoms with Gasteiger partial charge in [-0.2, -0.15) is 0 Å². The summed E-state index contributed by atoms with van der Waals surface area (Å²) in [5.41, 5.74) is 2.56. The molecule has 1 aromatic carbocycles. The summed E-state index contributed by atoms with van der Waals surface area (Å²) in [5.74, 6) is 0. The number of aryl methyl sites for hydroxylation is 1. The number of rotatable bonds is 5. The second kappa shape index (κ2) is 5.87. The first kappa shape index (κ1) is 12.9. The average molecular weight is 247 g/mol. The van der Waals surface area contributed by atoms with Gasteiger partial charge in [-0.25, -0.2) is 4.79 Å². The summed E-state index contributed by atoms with van der Waals surface area (Å²) in [6, 6.07) is 8.92. The fraction of sp³-hybridized carbons (Fsp3) is 0.500. The van der Waals surface area contributed by atoms with Crippen LogP contribution in [-0.2, 0) is 0 Å². The molecule has 0 aromatic heterocycles. The fourth-order valence-corrected chi connectivity index (χ4v) is 2.11. The molecular formula is C14H21N3O. The van der Waals surface area contributed by atoms with E-state index in [-0.39, 0.29) is 6.03 Å². The Morgan fingerprint density at radius 3 is 2.72 bits per heavy atom. The van der Waals surface area contributed by atoms with Crippen molar-refractivity contribution in [3.63, 3.8) is 0 Å². The third-order valence-electron chi connectivity index (χ3n) is 3.35. The number of benzene rings is 1. The molecule has 1 aliphatic rings. The molecule has 4 heteroatoms. The van der Waals surface area contributed by atoms with Gasteiger partial charge in [0.05, 0.1) is 0 Å². The monoisotopic (exact) mass is 247 g/mol. The van der Waals surface area contributed by atoms with Gasteiger partial charge >= 0.3 is 6.03 Å². The minimum Gasteiger partial charge on any atom is -0.336 e. The number of nitrogens with one attached hydrogen (secondary N) is 2. The predicted octanol–water partition coefficient (Wildman–Crippen LogP) is 1.67. The van der Waals surface area contributed by atoms with E-state index in [0.717, 1.165) is 26.2 Å². The standard InChI is InChI=1S/C14H21N3O/c1-11-3-5-13(6-4-11)12(2)15-7-9-17-10-8-16-14(17)18/h3-6,12,15H,7-10H2,1-2H3,(H,16,18)/t12-/m1/s1. The number of amides is 2. The van der Waals surface area contributed by atoms with Crippen LogP contribution in [0, 0.1) is 6.92 Å². The topological polar surface area (TPSA) is 44.4 Å². The number of carbonyl (C=O) groups excluding carboxylic acids is 1. The highest BCUT2D eigenvalue weighted by Gasteiger charge is 2.18. The van der Waals surface area contributed by atoms with Crippen LogP contribution < -0.4 is 10.6 Å². The van der Waals surface area contributed by atoms with E-state index in [9.17, 15) is 4.79 Å². The van der Waals surface area contributed by atoms with Gasteiger partial charge in [0.1, 0.15) is 0 Å². The summed E-state index contributed by atoms with van der Waals surface area (Å²) >= 11 is 0. The Kier molecular flexibility index (Phi) is 4.20. The van der Waals surface area contributed by atoms with Crippen LogP contribution in [0.15, 0.2) is 24.3 Å². The van der Waals surface area contributed by atoms with Crippen LogP contribution in [0.1, 0.15) is 24.1 Å². The summed E-state index contributed by atoms with van der Waals surface area (Å²) in [5, 5.41) is 6.25. The van der Waals surface area contributed by atoms with E-state index in [1.807, 2.05) is 4.90 Å². The van der Waals surface area contributed by atoms with Crippen molar-refractivity contribution in [3.05, 3.63) is 35.4 Å². The van der Waals surface area contributed by atoms with E-state index < -0.39 is 0 Å². The van der Waals surface area contributed by atoms with Gasteiger partial charge in [-0.15, -0.1) is 0 Å². The lowest BCUT2D eigenvalue weighted by atomic mass is 10.1. The normalized spacial score (nSPS) is 16.8. The first-order valence-corrected chi connectivity index (χ1v) is 6.49. The van der Waals surface area contributed by atoms with Gasteiger partial charge in [-0.3, -0.25) is 0 Å². The maximum absolute atomic E-state index is 11.3. The highest BCUT2D eigenvalue weighted by molar-refractivity contribution is 5.76. The molecule has 0 unspecified atom stereocenters. The van der Waals surface area contributed by atoms with E-state index in [0.29, 0.717) is 6.04 Å². The Morgan fingerprint density at radius 2 is 2.11 bits per heavy atom. The van der Waals surface area contributed by atoms with Gasteiger partial charge in [0.2, 0.25) is 0 Å². The molecule has 2 rings (SSSR count). The third kappa shape index (κ3) is 3.23. The molecule has 0 saturated carbocycles. The van der Waals surface area contributed by atoms with Gasteiger partial charge in [-0.05, 0) is 19.4 Å². The van der Waals surface area contributed by atoms with Crippen LogP contribution in [0.25, 0.3) is 0 Å². The quantitative estimate of drug-likeness (QED) is 0.831. The lowest BCUT2D eigenvalue weighted by molar-refractivity contribution is 0.217. The first-order valence-electron chi connectivity index (χ1n) is 6.49. The van der Waals surface area contributed by atoms with Crippen LogP contribution in [0.2, 0.25) is 0 Å². The third-order valence-corrected chi connectivity index (χ3v) is 3.35. The van der Waals surface area contributed by atoms with Gasteiger partial charge in [-0.1, -0.05) is 29.8 Å². The van der Waals surface area contributed by atoms with Crippen molar-refractivity contribution in [2.24, 2.45) is 0 Å². The van der Waals surface area contributed by atoms with Crippen LogP contribution in [0.5, 0.6) is 0 Å². The molecule has 0 bridgehead atoms. The molecule has 1 saturated heterocycles. The number of hydrogen-bond donors (Lipinski definition) is 2. The Morgan fingerprint density at radius 1 is 1.39 bits per heavy atom. The Bertz CT molecular complexity index is 402. The summed E-state index contributed by atoms with van der Waals surface area (Å²) in [4.78, 5) is 13.2. The largest absolute Gasteiger partial charge is 0.336 e. The van der Waals surface area contributed by atoms with Crippen LogP contribution >= 0.6 is 0 Å². The van der Waals surface area contributed by atoms with Crippen molar-refractivity contribution in [1.29, 1.82) is 0 Å². The zero-order valence-electron chi connectivity index (χ0n) is 11.1. The molecule has 1 aliphatic heterocycles. The molecule has 98 valence electrons. The summed E-state index contributed by atoms with van der Waals surface area (Å²) in [7, 11) is 0. The second-order valence-corrected chi connectivity index (χ2v) is 4.81. The molecule has 0 aliphatic carbocycles. The Labute approximate surface area is 108 Å². The molecule has 1 fully saturated rings. The van der Waals surface area contributed by atoms with E-state index in [1.54, 1.807) is 0 Å². The minimum absolute atomic E-state index is 0.0554. The molecule has 1 aromatic rings. The molecule has 1 atom stereocenters. The number of hydrogen-bond acceptors (Lipinski definition) is 2. The molecule has 0 radical (unpaired) electrons. The first-order chi connectivity index (χ1) is 8.66. The maximum atomic E-state index is 11.3. The average Bonchev–Trinajstić information content (AvgIpc) is 2.76. The SMILES string of the molecule is Cc1ccc([C@@H](C)NCCN2CCNC2=O)cc1. The second-order valence-electron chi connectivity index (χ2n) is 4.81. The summed E-state index contributed by atoms with van der Waals surface area (Å²) in [6.45, 7) is 7.42. The van der Waals surface area contributed by atoms with E-state index >= 15 is 0 Å². The zero-order valence-corrected chi connectivity index (χ0v) is 11.1. The predicted molar refractivity (Wildman–Crippen MR) is 72.6 cm³/mol. The minimum atomic E-state index is 0.0554. The zero-order chi connectivity index (χ0) is 13.0. The van der Waals surface area contributed by atoms with Gasteiger partial charge < -0.3 is 15.5 Å². The van der Waals surface area contributed by atoms with E-state index in [2.05, 4.69) is 48.7 Å². The number of carbonyl (C=O) groups is 1. The summed E-state index contributed by atoms with van der Waals surface area (Å²) in [6.07, 6.45) is 0. The number of urea groups is 1. The van der Waals surface area contributed by atoms with Crippen molar-refractivity contribution in [2.75, 3.05) is 26.2 Å². The molecule has 0 spiro atoms. The molecule has 18 heavy (non-hydrogen) atoms. The van der Waals surface area contributed by atoms with E-state index in [4.69, 9.17) is 0 Å².